The van der Waals surface area contributed by atoms with Gasteiger partial charge in [0.15, 0.2) is 23.3 Å². The van der Waals surface area contributed by atoms with Gasteiger partial charge in [0.05, 0.1) is 11.1 Å². The fourth-order valence-electron chi connectivity index (χ4n) is 2.39. The van der Waals surface area contributed by atoms with E-state index >= 15 is 0 Å². The van der Waals surface area contributed by atoms with Gasteiger partial charge in [0, 0.05) is 12.7 Å². The normalized spacial score (nSPS) is 12.1. The van der Waals surface area contributed by atoms with Gasteiger partial charge in [-0.3, -0.25) is 20.0 Å². The molecule has 11 nitrogen and oxygen atoms in total. The summed E-state index contributed by atoms with van der Waals surface area (Å²) in [6.07, 6.45) is 2.69. The van der Waals surface area contributed by atoms with Gasteiger partial charge in [-0.15, -0.1) is 0 Å². The summed E-state index contributed by atoms with van der Waals surface area (Å²) >= 11 is 0. The van der Waals surface area contributed by atoms with E-state index in [0.29, 0.717) is 12.1 Å². The zero-order chi connectivity index (χ0) is 23.0. The fourth-order valence-corrected chi connectivity index (χ4v) is 3.65. The van der Waals surface area contributed by atoms with Crippen LogP contribution in [0.3, 0.4) is 0 Å². The number of hydrogen-bond acceptors (Lipinski definition) is 7. The van der Waals surface area contributed by atoms with Crippen LogP contribution in [-0.4, -0.2) is 43.1 Å². The second-order valence-electron chi connectivity index (χ2n) is 6.11. The topological polar surface area (TPSA) is 182 Å². The smallest absolute Gasteiger partial charge is 0.261 e. The van der Waals surface area contributed by atoms with Crippen molar-refractivity contribution in [2.75, 3.05) is 6.54 Å². The molecule has 1 heterocycles. The molecule has 0 saturated carbocycles. The van der Waals surface area contributed by atoms with Gasteiger partial charge in [-0.05, 0) is 37.1 Å². The number of rotatable bonds is 10. The number of ether oxygens (including phenoxy) is 1. The maximum absolute atomic E-state index is 14.4. The number of pyridine rings is 1. The molecular weight excluding hydrogens is 438 g/mol. The van der Waals surface area contributed by atoms with E-state index in [0.717, 1.165) is 0 Å². The van der Waals surface area contributed by atoms with Crippen LogP contribution in [0, 0.1) is 11.6 Å². The Morgan fingerprint density at radius 3 is 2.52 bits per heavy atom. The van der Waals surface area contributed by atoms with E-state index in [4.69, 9.17) is 21.4 Å². The van der Waals surface area contributed by atoms with Crippen LogP contribution in [0.1, 0.15) is 12.8 Å². The Morgan fingerprint density at radius 1 is 1.29 bits per heavy atom. The summed E-state index contributed by atoms with van der Waals surface area (Å²) in [5.41, 5.74) is 11.7. The van der Waals surface area contributed by atoms with Crippen molar-refractivity contribution in [2.24, 2.45) is 16.5 Å². The van der Waals surface area contributed by atoms with E-state index in [1.807, 2.05) is 4.72 Å². The zero-order valence-electron chi connectivity index (χ0n) is 16.0. The number of nitrogens with zero attached hydrogens (tertiary/aromatic N) is 2. The van der Waals surface area contributed by atoms with E-state index < -0.39 is 44.3 Å². The third kappa shape index (κ3) is 6.84. The minimum atomic E-state index is -4.56. The Hall–Kier alpha value is -3.36. The molecule has 1 aromatic heterocycles. The van der Waals surface area contributed by atoms with Crippen LogP contribution in [-0.2, 0) is 14.8 Å². The number of hydroxylamine groups is 1. The number of benzene rings is 1. The zero-order valence-corrected chi connectivity index (χ0v) is 16.8. The first-order valence-corrected chi connectivity index (χ1v) is 10.2. The van der Waals surface area contributed by atoms with E-state index in [2.05, 4.69) is 9.98 Å². The van der Waals surface area contributed by atoms with Crippen LogP contribution >= 0.6 is 0 Å². The predicted octanol–water partition coefficient (Wildman–Crippen LogP) is 0.358. The molecule has 0 fully saturated rings. The molecule has 0 aliphatic rings. The number of carbonyl (C=O) groups excluding carboxylic acids is 1. The van der Waals surface area contributed by atoms with Crippen molar-refractivity contribution in [1.29, 1.82) is 0 Å². The molecular formula is C17H20F2N6O5S. The van der Waals surface area contributed by atoms with Gasteiger partial charge >= 0.3 is 0 Å². The molecule has 0 radical (unpaired) electrons. The summed E-state index contributed by atoms with van der Waals surface area (Å²) < 4.78 is 60.9. The number of sulfonamides is 1. The van der Waals surface area contributed by atoms with Crippen molar-refractivity contribution in [2.45, 2.75) is 23.8 Å². The van der Waals surface area contributed by atoms with Gasteiger partial charge < -0.3 is 16.2 Å². The number of guanidine groups is 1. The van der Waals surface area contributed by atoms with E-state index in [1.165, 1.54) is 30.0 Å². The Morgan fingerprint density at radius 2 is 1.97 bits per heavy atom. The van der Waals surface area contributed by atoms with Crippen LogP contribution < -0.4 is 26.4 Å². The Labute approximate surface area is 176 Å². The number of nitrogens with two attached hydrogens (primary N) is 2. The van der Waals surface area contributed by atoms with Crippen LogP contribution in [0.25, 0.3) is 0 Å². The predicted molar refractivity (Wildman–Crippen MR) is 105 cm³/mol. The molecule has 1 unspecified atom stereocenters. The third-order valence-electron chi connectivity index (χ3n) is 3.81. The Balaban J connectivity index is 2.22. The Kier molecular flexibility index (Phi) is 8.18. The van der Waals surface area contributed by atoms with Crippen molar-refractivity contribution in [3.05, 3.63) is 48.3 Å². The second-order valence-corrected chi connectivity index (χ2v) is 7.82. The number of hydrogen-bond donors (Lipinski definition) is 5. The van der Waals surface area contributed by atoms with Crippen molar-refractivity contribution in [3.8, 4) is 11.5 Å². The van der Waals surface area contributed by atoms with E-state index in [9.17, 15) is 22.0 Å². The van der Waals surface area contributed by atoms with Gasteiger partial charge in [0.2, 0.25) is 10.0 Å². The largest absolute Gasteiger partial charge is 0.450 e. The average Bonchev–Trinajstić information content (AvgIpc) is 2.72. The fraction of sp³-hybridized carbons (Fsp3) is 0.235. The summed E-state index contributed by atoms with van der Waals surface area (Å²) in [5, 5.41) is 8.84. The van der Waals surface area contributed by atoms with Gasteiger partial charge in [0.1, 0.15) is 11.8 Å². The number of aromatic nitrogens is 1. The van der Waals surface area contributed by atoms with E-state index in [1.54, 1.807) is 0 Å². The van der Waals surface area contributed by atoms with Crippen LogP contribution in [0.2, 0.25) is 0 Å². The first kappa shape index (κ1) is 23.9. The van der Waals surface area contributed by atoms with Gasteiger partial charge in [-0.1, -0.05) is 0 Å². The number of aliphatic imine (C=N–C) groups is 1. The highest BCUT2D eigenvalue weighted by Gasteiger charge is 2.27. The molecule has 0 aliphatic heterocycles. The highest BCUT2D eigenvalue weighted by molar-refractivity contribution is 7.89. The molecule has 2 rings (SSSR count). The minimum Gasteiger partial charge on any atom is -0.450 e. The lowest BCUT2D eigenvalue weighted by Crippen LogP contribution is -2.45. The molecule has 14 heteroatoms. The first-order chi connectivity index (χ1) is 14.6. The van der Waals surface area contributed by atoms with Crippen molar-refractivity contribution in [1.82, 2.24) is 15.2 Å². The maximum Gasteiger partial charge on any atom is 0.261 e. The van der Waals surface area contributed by atoms with Gasteiger partial charge in [-0.2, -0.15) is 4.72 Å². The second kappa shape index (κ2) is 10.6. The SMILES string of the molecule is NC(N)=NCCCC(NS(=O)(=O)c1cc(F)c(Oc2cccnc2)c(F)c1)C(=O)NO. The summed E-state index contributed by atoms with van der Waals surface area (Å²) in [7, 11) is -4.56. The number of nitrogens with one attached hydrogen (secondary N) is 2. The number of carbonyl (C=O) groups is 1. The molecule has 7 N–H and O–H groups in total. The summed E-state index contributed by atoms with van der Waals surface area (Å²) in [5.74, 6) is -4.64. The highest BCUT2D eigenvalue weighted by atomic mass is 32.2. The van der Waals surface area contributed by atoms with Crippen molar-refractivity contribution < 1.29 is 31.9 Å². The van der Waals surface area contributed by atoms with E-state index in [-0.39, 0.29) is 31.1 Å². The lowest BCUT2D eigenvalue weighted by Gasteiger charge is -2.17. The number of halogens is 2. The quantitative estimate of drug-likeness (QED) is 0.111. The molecule has 0 spiro atoms. The van der Waals surface area contributed by atoms with Gasteiger partial charge in [0.25, 0.3) is 5.91 Å². The molecule has 0 aliphatic carbocycles. The summed E-state index contributed by atoms with van der Waals surface area (Å²) in [6, 6.07) is 2.49. The minimum absolute atomic E-state index is 0.0366. The van der Waals surface area contributed by atoms with Gasteiger partial charge in [-0.25, -0.2) is 22.7 Å². The molecule has 168 valence electrons. The maximum atomic E-state index is 14.4. The van der Waals surface area contributed by atoms with Crippen LogP contribution in [0.15, 0.2) is 46.5 Å². The molecule has 1 aromatic carbocycles. The molecule has 1 amide bonds. The third-order valence-corrected chi connectivity index (χ3v) is 5.26. The lowest BCUT2D eigenvalue weighted by atomic mass is 10.1. The molecule has 2 aromatic rings. The van der Waals surface area contributed by atoms with Crippen LogP contribution in [0.4, 0.5) is 8.78 Å². The Bertz CT molecular complexity index is 1030. The molecule has 1 atom stereocenters. The standard InChI is InChI=1S/C17H20F2N6O5S/c18-12-7-11(8-13(19)15(12)30-10-3-1-5-22-9-10)31(28,29)25-14(16(26)24-27)4-2-6-23-17(20)21/h1,3,5,7-9,14,25,27H,2,4,6H2,(H,24,26)(H4,20,21,23). The number of amides is 1. The lowest BCUT2D eigenvalue weighted by molar-refractivity contribution is -0.131. The summed E-state index contributed by atoms with van der Waals surface area (Å²) in [6.45, 7) is 0.0862. The van der Waals surface area contributed by atoms with Crippen molar-refractivity contribution in [3.63, 3.8) is 0 Å². The average molecular weight is 458 g/mol. The monoisotopic (exact) mass is 458 g/mol. The summed E-state index contributed by atoms with van der Waals surface area (Å²) in [4.78, 5) is 18.4. The highest BCUT2D eigenvalue weighted by Crippen LogP contribution is 2.29. The van der Waals surface area contributed by atoms with Crippen LogP contribution in [0.5, 0.6) is 11.5 Å². The molecule has 0 bridgehead atoms. The van der Waals surface area contributed by atoms with Crippen molar-refractivity contribution >= 4 is 21.9 Å². The molecule has 31 heavy (non-hydrogen) atoms. The first-order valence-electron chi connectivity index (χ1n) is 8.72. The molecule has 0 saturated heterocycles.